The van der Waals surface area contributed by atoms with E-state index in [1.165, 1.54) is 6.07 Å². The van der Waals surface area contributed by atoms with Gasteiger partial charge in [-0.15, -0.1) is 0 Å². The quantitative estimate of drug-likeness (QED) is 0.683. The number of aromatic hydroxyl groups is 1. The molecule has 0 heterocycles. The zero-order valence-electron chi connectivity index (χ0n) is 7.53. The highest BCUT2D eigenvalue weighted by atomic mass is 16.3. The van der Waals surface area contributed by atoms with Gasteiger partial charge in [-0.2, -0.15) is 0 Å². The van der Waals surface area contributed by atoms with Gasteiger partial charge in [0.15, 0.2) is 0 Å². The fourth-order valence-corrected chi connectivity index (χ4v) is 1.23. The molecule has 0 radical (unpaired) electrons. The molecule has 3 heteroatoms. The molecule has 0 fully saturated rings. The van der Waals surface area contributed by atoms with Crippen LogP contribution in [0.5, 0.6) is 5.75 Å². The first-order valence-corrected chi connectivity index (χ1v) is 4.16. The first-order valence-electron chi connectivity index (χ1n) is 4.16. The SMILES string of the molecule is CC(N)Cc1cc(O)ccc1C=O. The van der Waals surface area contributed by atoms with E-state index in [9.17, 15) is 9.90 Å². The minimum absolute atomic E-state index is 0.0134. The van der Waals surface area contributed by atoms with Crippen molar-refractivity contribution in [2.75, 3.05) is 0 Å². The monoisotopic (exact) mass is 179 g/mol. The van der Waals surface area contributed by atoms with Gasteiger partial charge in [0.1, 0.15) is 12.0 Å². The van der Waals surface area contributed by atoms with Crippen molar-refractivity contribution in [2.45, 2.75) is 19.4 Å². The highest BCUT2D eigenvalue weighted by Crippen LogP contribution is 2.16. The van der Waals surface area contributed by atoms with Crippen LogP contribution in [0.25, 0.3) is 0 Å². The second-order valence-electron chi connectivity index (χ2n) is 3.18. The van der Waals surface area contributed by atoms with Gasteiger partial charge in [0, 0.05) is 11.6 Å². The molecule has 1 aromatic carbocycles. The number of carbonyl (C=O) groups excluding carboxylic acids is 1. The summed E-state index contributed by atoms with van der Waals surface area (Å²) in [4.78, 5) is 10.6. The molecule has 0 aliphatic rings. The summed E-state index contributed by atoms with van der Waals surface area (Å²) in [6, 6.07) is 4.65. The molecule has 0 amide bonds. The van der Waals surface area contributed by atoms with Crippen molar-refractivity contribution in [1.29, 1.82) is 0 Å². The molecule has 1 rings (SSSR count). The number of phenolic OH excluding ortho intramolecular Hbond substituents is 1. The average Bonchev–Trinajstić information content (AvgIpc) is 2.03. The number of rotatable bonds is 3. The van der Waals surface area contributed by atoms with Crippen LogP contribution in [-0.4, -0.2) is 17.4 Å². The molecule has 3 nitrogen and oxygen atoms in total. The summed E-state index contributed by atoms with van der Waals surface area (Å²) in [7, 11) is 0. The van der Waals surface area contributed by atoms with Crippen LogP contribution in [-0.2, 0) is 6.42 Å². The molecule has 0 aromatic heterocycles. The van der Waals surface area contributed by atoms with Crippen molar-refractivity contribution in [3.05, 3.63) is 29.3 Å². The van der Waals surface area contributed by atoms with Crippen LogP contribution in [0, 0.1) is 0 Å². The van der Waals surface area contributed by atoms with E-state index in [1.807, 2.05) is 6.92 Å². The Labute approximate surface area is 77.2 Å². The highest BCUT2D eigenvalue weighted by molar-refractivity contribution is 5.77. The Morgan fingerprint density at radius 2 is 2.31 bits per heavy atom. The topological polar surface area (TPSA) is 63.3 Å². The average molecular weight is 179 g/mol. The van der Waals surface area contributed by atoms with Crippen molar-refractivity contribution >= 4 is 6.29 Å². The van der Waals surface area contributed by atoms with E-state index in [4.69, 9.17) is 5.73 Å². The lowest BCUT2D eigenvalue weighted by atomic mass is 10.0. The van der Waals surface area contributed by atoms with E-state index < -0.39 is 0 Å². The van der Waals surface area contributed by atoms with Crippen LogP contribution >= 0.6 is 0 Å². The number of nitrogens with two attached hydrogens (primary N) is 1. The van der Waals surface area contributed by atoms with Gasteiger partial charge in [-0.25, -0.2) is 0 Å². The Hall–Kier alpha value is -1.35. The number of hydrogen-bond acceptors (Lipinski definition) is 3. The Bertz CT molecular complexity index is 308. The zero-order chi connectivity index (χ0) is 9.84. The molecule has 70 valence electrons. The van der Waals surface area contributed by atoms with Gasteiger partial charge >= 0.3 is 0 Å². The molecule has 0 spiro atoms. The predicted octanol–water partition coefficient (Wildman–Crippen LogP) is 1.09. The second-order valence-corrected chi connectivity index (χ2v) is 3.18. The van der Waals surface area contributed by atoms with Crippen LogP contribution < -0.4 is 5.73 Å². The Balaban J connectivity index is 3.01. The van der Waals surface area contributed by atoms with E-state index in [0.717, 1.165) is 11.8 Å². The molecule has 0 aliphatic heterocycles. The van der Waals surface area contributed by atoms with E-state index >= 15 is 0 Å². The van der Waals surface area contributed by atoms with Crippen LogP contribution in [0.4, 0.5) is 0 Å². The maximum absolute atomic E-state index is 10.6. The van der Waals surface area contributed by atoms with Gasteiger partial charge in [0.25, 0.3) is 0 Å². The molecule has 13 heavy (non-hydrogen) atoms. The first-order chi connectivity index (χ1) is 6.13. The number of phenols is 1. The summed E-state index contributed by atoms with van der Waals surface area (Å²) in [5, 5.41) is 9.19. The van der Waals surface area contributed by atoms with Crippen molar-refractivity contribution in [3.63, 3.8) is 0 Å². The molecule has 0 saturated heterocycles. The maximum Gasteiger partial charge on any atom is 0.150 e. The maximum atomic E-state index is 10.6. The minimum atomic E-state index is -0.0134. The van der Waals surface area contributed by atoms with Gasteiger partial charge in [0.2, 0.25) is 0 Å². The van der Waals surface area contributed by atoms with E-state index in [2.05, 4.69) is 0 Å². The van der Waals surface area contributed by atoms with Gasteiger partial charge in [0.05, 0.1) is 0 Å². The van der Waals surface area contributed by atoms with Gasteiger partial charge in [-0.1, -0.05) is 0 Å². The number of benzene rings is 1. The zero-order valence-corrected chi connectivity index (χ0v) is 7.53. The summed E-state index contributed by atoms with van der Waals surface area (Å²) in [6.07, 6.45) is 1.37. The van der Waals surface area contributed by atoms with Crippen molar-refractivity contribution in [2.24, 2.45) is 5.73 Å². The largest absolute Gasteiger partial charge is 0.508 e. The number of carbonyl (C=O) groups is 1. The standard InChI is InChI=1S/C10H13NO2/c1-7(11)4-9-5-10(13)3-2-8(9)6-12/h2-3,5-7,13H,4,11H2,1H3. The lowest BCUT2D eigenvalue weighted by Gasteiger charge is -2.07. The second kappa shape index (κ2) is 4.05. The van der Waals surface area contributed by atoms with E-state index in [0.29, 0.717) is 12.0 Å². The third-order valence-corrected chi connectivity index (χ3v) is 1.80. The third kappa shape index (κ3) is 2.56. The van der Waals surface area contributed by atoms with Crippen LogP contribution in [0.15, 0.2) is 18.2 Å². The molecule has 1 unspecified atom stereocenters. The Morgan fingerprint density at radius 3 is 2.85 bits per heavy atom. The smallest absolute Gasteiger partial charge is 0.150 e. The van der Waals surface area contributed by atoms with Crippen molar-refractivity contribution in [1.82, 2.24) is 0 Å². The molecule has 1 aromatic rings. The molecular weight excluding hydrogens is 166 g/mol. The van der Waals surface area contributed by atoms with Crippen LogP contribution in [0.2, 0.25) is 0 Å². The van der Waals surface area contributed by atoms with Crippen LogP contribution in [0.1, 0.15) is 22.8 Å². The number of aldehydes is 1. The lowest BCUT2D eigenvalue weighted by molar-refractivity contribution is 0.112. The Morgan fingerprint density at radius 1 is 1.62 bits per heavy atom. The molecule has 1 atom stereocenters. The van der Waals surface area contributed by atoms with E-state index in [1.54, 1.807) is 12.1 Å². The normalized spacial score (nSPS) is 12.5. The Kier molecular flexibility index (Phi) is 3.03. The fraction of sp³-hybridized carbons (Fsp3) is 0.300. The summed E-state index contributed by atoms with van der Waals surface area (Å²) in [5.74, 6) is 0.168. The third-order valence-electron chi connectivity index (χ3n) is 1.80. The van der Waals surface area contributed by atoms with Crippen molar-refractivity contribution in [3.8, 4) is 5.75 Å². The predicted molar refractivity (Wildman–Crippen MR) is 50.8 cm³/mol. The molecule has 0 aliphatic carbocycles. The fourth-order valence-electron chi connectivity index (χ4n) is 1.23. The van der Waals surface area contributed by atoms with Crippen molar-refractivity contribution < 1.29 is 9.90 Å². The summed E-state index contributed by atoms with van der Waals surface area (Å²) in [6.45, 7) is 1.86. The minimum Gasteiger partial charge on any atom is -0.508 e. The van der Waals surface area contributed by atoms with Gasteiger partial charge < -0.3 is 10.8 Å². The summed E-state index contributed by atoms with van der Waals surface area (Å²) in [5.41, 5.74) is 6.99. The first kappa shape index (κ1) is 9.74. The van der Waals surface area contributed by atoms with Gasteiger partial charge in [-0.3, -0.25) is 4.79 Å². The van der Waals surface area contributed by atoms with Gasteiger partial charge in [-0.05, 0) is 37.1 Å². The molecule has 3 N–H and O–H groups in total. The number of hydrogen-bond donors (Lipinski definition) is 2. The summed E-state index contributed by atoms with van der Waals surface area (Å²) < 4.78 is 0. The molecular formula is C10H13NO2. The van der Waals surface area contributed by atoms with Crippen LogP contribution in [0.3, 0.4) is 0 Å². The van der Waals surface area contributed by atoms with E-state index in [-0.39, 0.29) is 11.8 Å². The highest BCUT2D eigenvalue weighted by Gasteiger charge is 2.04. The molecule has 0 saturated carbocycles. The molecule has 0 bridgehead atoms. The summed E-state index contributed by atoms with van der Waals surface area (Å²) >= 11 is 0. The lowest BCUT2D eigenvalue weighted by Crippen LogP contribution is -2.18.